The molecule has 1 aliphatic heterocycles. The Balaban J connectivity index is 0.00000338. The standard InChI is InChI=1S/C20H40N4O.HI/c1-17-8-7-12-24(15-17)18(2)14-22-19(21-3)23-16-20(11-13-25-4)9-5-6-10-20;/h17-18H,5-16H2,1-4H3,(H2,21,22,23);1H. The third-order valence-corrected chi connectivity index (χ3v) is 6.23. The fourth-order valence-electron chi connectivity index (χ4n) is 4.45. The third kappa shape index (κ3) is 7.50. The minimum atomic E-state index is 0. The number of hydrogen-bond acceptors (Lipinski definition) is 3. The molecule has 1 saturated heterocycles. The summed E-state index contributed by atoms with van der Waals surface area (Å²) in [6.45, 7) is 9.98. The maximum atomic E-state index is 5.34. The number of piperidine rings is 1. The molecule has 2 N–H and O–H groups in total. The molecule has 0 amide bonds. The number of aliphatic imine (C=N–C) groups is 1. The van der Waals surface area contributed by atoms with Crippen molar-refractivity contribution in [1.82, 2.24) is 15.5 Å². The molecule has 1 aliphatic carbocycles. The highest BCUT2D eigenvalue weighted by molar-refractivity contribution is 14.0. The van der Waals surface area contributed by atoms with Gasteiger partial charge in [0, 0.05) is 46.4 Å². The Kier molecular flexibility index (Phi) is 11.4. The first-order valence-electron chi connectivity index (χ1n) is 10.3. The van der Waals surface area contributed by atoms with Gasteiger partial charge in [0.25, 0.3) is 0 Å². The molecule has 1 heterocycles. The summed E-state index contributed by atoms with van der Waals surface area (Å²) in [5.74, 6) is 1.78. The number of rotatable bonds is 8. The van der Waals surface area contributed by atoms with E-state index in [2.05, 4.69) is 34.4 Å². The van der Waals surface area contributed by atoms with Crippen LogP contribution in [-0.4, -0.2) is 63.8 Å². The summed E-state index contributed by atoms with van der Waals surface area (Å²) in [4.78, 5) is 7.05. The quantitative estimate of drug-likeness (QED) is 0.317. The SMILES string of the molecule is CN=C(NCC(C)N1CCCC(C)C1)NCC1(CCOC)CCCC1.I. The first-order chi connectivity index (χ1) is 12.1. The molecule has 1 saturated carbocycles. The van der Waals surface area contributed by atoms with E-state index in [1.807, 2.05) is 7.05 Å². The van der Waals surface area contributed by atoms with Crippen LogP contribution in [0.1, 0.15) is 58.8 Å². The van der Waals surface area contributed by atoms with Gasteiger partial charge < -0.3 is 15.4 Å². The molecule has 0 aromatic rings. The normalized spacial score (nSPS) is 24.8. The van der Waals surface area contributed by atoms with Gasteiger partial charge in [-0.05, 0) is 56.9 Å². The van der Waals surface area contributed by atoms with Crippen LogP contribution in [-0.2, 0) is 4.74 Å². The summed E-state index contributed by atoms with van der Waals surface area (Å²) < 4.78 is 5.34. The number of nitrogens with one attached hydrogen (secondary N) is 2. The monoisotopic (exact) mass is 480 g/mol. The van der Waals surface area contributed by atoms with Crippen LogP contribution in [0.5, 0.6) is 0 Å². The highest BCUT2D eigenvalue weighted by Crippen LogP contribution is 2.40. The van der Waals surface area contributed by atoms with Gasteiger partial charge in [-0.2, -0.15) is 0 Å². The van der Waals surface area contributed by atoms with Gasteiger partial charge in [0.15, 0.2) is 5.96 Å². The minimum absolute atomic E-state index is 0. The molecule has 5 nitrogen and oxygen atoms in total. The molecule has 26 heavy (non-hydrogen) atoms. The zero-order valence-corrected chi connectivity index (χ0v) is 19.7. The molecule has 2 unspecified atom stereocenters. The molecule has 0 spiro atoms. The van der Waals surface area contributed by atoms with E-state index in [1.54, 1.807) is 7.11 Å². The maximum absolute atomic E-state index is 5.34. The second-order valence-corrected chi connectivity index (χ2v) is 8.35. The Labute approximate surface area is 178 Å². The van der Waals surface area contributed by atoms with E-state index in [0.29, 0.717) is 11.5 Å². The summed E-state index contributed by atoms with van der Waals surface area (Å²) >= 11 is 0. The van der Waals surface area contributed by atoms with Crippen molar-refractivity contribution in [2.45, 2.75) is 64.8 Å². The molecule has 0 bridgehead atoms. The van der Waals surface area contributed by atoms with E-state index in [-0.39, 0.29) is 24.0 Å². The molecule has 2 rings (SSSR count). The van der Waals surface area contributed by atoms with Gasteiger partial charge in [-0.1, -0.05) is 19.8 Å². The maximum Gasteiger partial charge on any atom is 0.191 e. The fourth-order valence-corrected chi connectivity index (χ4v) is 4.45. The largest absolute Gasteiger partial charge is 0.385 e. The molecule has 2 aliphatic rings. The number of nitrogens with zero attached hydrogens (tertiary/aromatic N) is 2. The second kappa shape index (κ2) is 12.4. The fraction of sp³-hybridized carbons (Fsp3) is 0.950. The Bertz CT molecular complexity index is 413. The summed E-state index contributed by atoms with van der Waals surface area (Å²) in [6, 6.07) is 0.551. The van der Waals surface area contributed by atoms with Gasteiger partial charge in [-0.25, -0.2) is 0 Å². The molecular formula is C20H41IN4O. The number of guanidine groups is 1. The van der Waals surface area contributed by atoms with Crippen LogP contribution in [0.2, 0.25) is 0 Å². The van der Waals surface area contributed by atoms with Crippen LogP contribution in [0.3, 0.4) is 0 Å². The van der Waals surface area contributed by atoms with E-state index >= 15 is 0 Å². The van der Waals surface area contributed by atoms with Crippen molar-refractivity contribution in [3.63, 3.8) is 0 Å². The average Bonchev–Trinajstić information content (AvgIpc) is 3.09. The highest BCUT2D eigenvalue weighted by atomic mass is 127. The predicted octanol–water partition coefficient (Wildman–Crippen LogP) is 3.49. The van der Waals surface area contributed by atoms with E-state index in [1.165, 1.54) is 51.6 Å². The van der Waals surface area contributed by atoms with Crippen molar-refractivity contribution in [2.24, 2.45) is 16.3 Å². The zero-order chi connectivity index (χ0) is 18.1. The van der Waals surface area contributed by atoms with Gasteiger partial charge in [0.05, 0.1) is 0 Å². The second-order valence-electron chi connectivity index (χ2n) is 8.35. The van der Waals surface area contributed by atoms with Crippen molar-refractivity contribution < 1.29 is 4.74 Å². The predicted molar refractivity (Wildman–Crippen MR) is 122 cm³/mol. The van der Waals surface area contributed by atoms with Gasteiger partial charge in [-0.15, -0.1) is 24.0 Å². The van der Waals surface area contributed by atoms with Gasteiger partial charge >= 0.3 is 0 Å². The number of ether oxygens (including phenoxy) is 1. The summed E-state index contributed by atoms with van der Waals surface area (Å²) in [5.41, 5.74) is 0.390. The molecule has 6 heteroatoms. The van der Waals surface area contributed by atoms with Gasteiger partial charge in [-0.3, -0.25) is 9.89 Å². The molecule has 2 fully saturated rings. The molecule has 0 radical (unpaired) electrons. The summed E-state index contributed by atoms with van der Waals surface area (Å²) in [6.07, 6.45) is 9.17. The lowest BCUT2D eigenvalue weighted by molar-refractivity contribution is 0.136. The van der Waals surface area contributed by atoms with Crippen molar-refractivity contribution in [2.75, 3.05) is 46.9 Å². The Morgan fingerprint density at radius 3 is 2.62 bits per heavy atom. The smallest absolute Gasteiger partial charge is 0.191 e. The Morgan fingerprint density at radius 1 is 1.27 bits per heavy atom. The Hall–Kier alpha value is -0.0800. The molecular weight excluding hydrogens is 439 g/mol. The highest BCUT2D eigenvalue weighted by Gasteiger charge is 2.33. The van der Waals surface area contributed by atoms with Crippen LogP contribution in [0.15, 0.2) is 4.99 Å². The molecule has 2 atom stereocenters. The van der Waals surface area contributed by atoms with Crippen molar-refractivity contribution >= 4 is 29.9 Å². The van der Waals surface area contributed by atoms with Crippen LogP contribution in [0, 0.1) is 11.3 Å². The van der Waals surface area contributed by atoms with Crippen LogP contribution < -0.4 is 10.6 Å². The van der Waals surface area contributed by atoms with Crippen molar-refractivity contribution in [3.05, 3.63) is 0 Å². The number of likely N-dealkylation sites (tertiary alicyclic amines) is 1. The zero-order valence-electron chi connectivity index (χ0n) is 17.4. The number of hydrogen-bond donors (Lipinski definition) is 2. The summed E-state index contributed by atoms with van der Waals surface area (Å²) in [5, 5.41) is 7.14. The molecule has 154 valence electrons. The first kappa shape index (κ1) is 24.0. The van der Waals surface area contributed by atoms with Gasteiger partial charge in [0.1, 0.15) is 0 Å². The number of methoxy groups -OCH3 is 1. The van der Waals surface area contributed by atoms with E-state index in [4.69, 9.17) is 4.74 Å². The summed E-state index contributed by atoms with van der Waals surface area (Å²) in [7, 11) is 3.68. The lowest BCUT2D eigenvalue weighted by atomic mass is 9.83. The van der Waals surface area contributed by atoms with Crippen LogP contribution in [0.4, 0.5) is 0 Å². The lowest BCUT2D eigenvalue weighted by Crippen LogP contribution is -2.49. The molecule has 0 aromatic heterocycles. The Morgan fingerprint density at radius 2 is 2.00 bits per heavy atom. The molecule has 0 aromatic carbocycles. The van der Waals surface area contributed by atoms with E-state index < -0.39 is 0 Å². The first-order valence-corrected chi connectivity index (χ1v) is 10.3. The van der Waals surface area contributed by atoms with E-state index in [9.17, 15) is 0 Å². The van der Waals surface area contributed by atoms with Crippen molar-refractivity contribution in [3.8, 4) is 0 Å². The lowest BCUT2D eigenvalue weighted by Gasteiger charge is -2.36. The van der Waals surface area contributed by atoms with Crippen molar-refractivity contribution in [1.29, 1.82) is 0 Å². The van der Waals surface area contributed by atoms with E-state index in [0.717, 1.165) is 38.0 Å². The van der Waals surface area contributed by atoms with Gasteiger partial charge in [0.2, 0.25) is 0 Å². The minimum Gasteiger partial charge on any atom is -0.385 e. The van der Waals surface area contributed by atoms with Crippen LogP contribution in [0.25, 0.3) is 0 Å². The topological polar surface area (TPSA) is 48.9 Å². The number of halogens is 1. The third-order valence-electron chi connectivity index (χ3n) is 6.23. The van der Waals surface area contributed by atoms with Crippen LogP contribution >= 0.6 is 24.0 Å². The average molecular weight is 480 g/mol.